The third-order valence-electron chi connectivity index (χ3n) is 4.19. The number of carboxylic acid groups (broad SMARTS) is 1. The van der Waals surface area contributed by atoms with E-state index in [2.05, 4.69) is 5.32 Å². The van der Waals surface area contributed by atoms with Crippen molar-refractivity contribution >= 4 is 17.7 Å². The molecule has 0 aromatic heterocycles. The Balaban J connectivity index is 2.21. The lowest BCUT2D eigenvalue weighted by Crippen LogP contribution is -2.30. The van der Waals surface area contributed by atoms with Gasteiger partial charge in [0.1, 0.15) is 5.82 Å². The van der Waals surface area contributed by atoms with E-state index in [0.717, 1.165) is 5.56 Å². The molecule has 1 saturated heterocycles. The minimum absolute atomic E-state index is 0.201. The molecular weight excluding hydrogens is 299 g/mol. The molecule has 5 nitrogen and oxygen atoms in total. The monoisotopic (exact) mass is 322 g/mol. The molecule has 1 aromatic carbocycles. The van der Waals surface area contributed by atoms with Crippen molar-refractivity contribution in [3.8, 4) is 0 Å². The molecule has 0 spiro atoms. The van der Waals surface area contributed by atoms with Crippen molar-refractivity contribution in [3.63, 3.8) is 0 Å². The maximum absolute atomic E-state index is 13.9. The summed E-state index contributed by atoms with van der Waals surface area (Å²) in [4.78, 5) is 24.6. The van der Waals surface area contributed by atoms with Crippen molar-refractivity contribution in [3.05, 3.63) is 29.1 Å². The predicted molar refractivity (Wildman–Crippen MR) is 86.2 cm³/mol. The lowest BCUT2D eigenvalue weighted by molar-refractivity contribution is -0.119. The Hall–Kier alpha value is -2.11. The molecule has 1 heterocycles. The van der Waals surface area contributed by atoms with Gasteiger partial charge in [0.05, 0.1) is 5.92 Å². The second kappa shape index (κ2) is 6.18. The molecule has 1 atom stereocenters. The molecule has 6 heteroatoms. The first-order chi connectivity index (χ1) is 10.6. The summed E-state index contributed by atoms with van der Waals surface area (Å²) in [5, 5.41) is 11.8. The third-order valence-corrected chi connectivity index (χ3v) is 4.19. The lowest BCUT2D eigenvalue weighted by atomic mass is 9.85. The zero-order valence-corrected chi connectivity index (χ0v) is 13.9. The number of aryl methyl sites for hydroxylation is 1. The van der Waals surface area contributed by atoms with Crippen molar-refractivity contribution in [2.45, 2.75) is 39.5 Å². The molecule has 0 bridgehead atoms. The van der Waals surface area contributed by atoms with Crippen LogP contribution in [-0.2, 0) is 10.2 Å². The van der Waals surface area contributed by atoms with E-state index in [1.807, 2.05) is 20.8 Å². The Bertz CT molecular complexity index is 637. The van der Waals surface area contributed by atoms with Gasteiger partial charge in [-0.15, -0.1) is 0 Å². The highest BCUT2D eigenvalue weighted by molar-refractivity contribution is 5.94. The van der Waals surface area contributed by atoms with Crippen LogP contribution in [0.2, 0.25) is 0 Å². The number of nitrogens with zero attached hydrogens (tertiary/aromatic N) is 1. The number of hydrogen-bond acceptors (Lipinski definition) is 2. The number of amides is 2. The molecule has 1 aromatic rings. The number of hydrogen-bond donors (Lipinski definition) is 2. The number of rotatable bonds is 2. The largest absolute Gasteiger partial charge is 0.465 e. The fourth-order valence-electron chi connectivity index (χ4n) is 2.79. The number of benzene rings is 1. The van der Waals surface area contributed by atoms with Crippen LogP contribution in [0, 0.1) is 18.7 Å². The number of anilines is 1. The van der Waals surface area contributed by atoms with Crippen LogP contribution < -0.4 is 5.32 Å². The van der Waals surface area contributed by atoms with Gasteiger partial charge >= 0.3 is 6.09 Å². The molecule has 1 unspecified atom stereocenters. The number of halogens is 1. The van der Waals surface area contributed by atoms with Crippen LogP contribution in [0.3, 0.4) is 0 Å². The van der Waals surface area contributed by atoms with Crippen molar-refractivity contribution in [2.24, 2.45) is 5.92 Å². The summed E-state index contributed by atoms with van der Waals surface area (Å²) in [7, 11) is 0. The Kier molecular flexibility index (Phi) is 4.63. The minimum atomic E-state index is -1.01. The highest BCUT2D eigenvalue weighted by atomic mass is 19.1. The summed E-state index contributed by atoms with van der Waals surface area (Å²) < 4.78 is 13.9. The van der Waals surface area contributed by atoms with Crippen molar-refractivity contribution in [1.82, 2.24) is 4.90 Å². The van der Waals surface area contributed by atoms with Crippen LogP contribution in [0.5, 0.6) is 0 Å². The van der Waals surface area contributed by atoms with Gasteiger partial charge in [0.25, 0.3) is 0 Å². The van der Waals surface area contributed by atoms with E-state index >= 15 is 0 Å². The van der Waals surface area contributed by atoms with E-state index in [1.165, 1.54) is 11.0 Å². The van der Waals surface area contributed by atoms with Crippen LogP contribution in [-0.4, -0.2) is 35.1 Å². The van der Waals surface area contributed by atoms with Crippen LogP contribution >= 0.6 is 0 Å². The van der Waals surface area contributed by atoms with Crippen LogP contribution in [0.4, 0.5) is 14.9 Å². The first-order valence-electron chi connectivity index (χ1n) is 7.69. The van der Waals surface area contributed by atoms with Gasteiger partial charge in [0.2, 0.25) is 5.91 Å². The third kappa shape index (κ3) is 3.81. The Morgan fingerprint density at radius 3 is 2.52 bits per heavy atom. The van der Waals surface area contributed by atoms with Gasteiger partial charge in [0.15, 0.2) is 0 Å². The van der Waals surface area contributed by atoms with Gasteiger partial charge in [-0.3, -0.25) is 4.79 Å². The average Bonchev–Trinajstić information content (AvgIpc) is 2.91. The molecule has 2 rings (SSSR count). The second-order valence-electron chi connectivity index (χ2n) is 7.10. The number of nitrogens with one attached hydrogen (secondary N) is 1. The normalized spacial score (nSPS) is 18.1. The van der Waals surface area contributed by atoms with Gasteiger partial charge in [0, 0.05) is 18.8 Å². The van der Waals surface area contributed by atoms with E-state index in [4.69, 9.17) is 5.11 Å². The molecule has 0 aliphatic carbocycles. The number of carbonyl (C=O) groups excluding carboxylic acids is 1. The van der Waals surface area contributed by atoms with E-state index in [1.54, 1.807) is 13.0 Å². The van der Waals surface area contributed by atoms with Crippen molar-refractivity contribution in [2.75, 3.05) is 18.4 Å². The molecule has 0 radical (unpaired) electrons. The minimum Gasteiger partial charge on any atom is -0.465 e. The average molecular weight is 322 g/mol. The second-order valence-corrected chi connectivity index (χ2v) is 7.10. The highest BCUT2D eigenvalue weighted by Crippen LogP contribution is 2.32. The van der Waals surface area contributed by atoms with Gasteiger partial charge in [-0.25, -0.2) is 9.18 Å². The maximum Gasteiger partial charge on any atom is 0.407 e. The summed E-state index contributed by atoms with van der Waals surface area (Å²) in [6, 6.07) is 3.10. The standard InChI is InChI=1S/C17H23FN2O3/c1-10-7-14(12(8-13(10)18)17(2,3)4)19-15(21)11-5-6-20(9-11)16(22)23/h7-8,11H,5-6,9H2,1-4H3,(H,19,21)(H,22,23). The smallest absolute Gasteiger partial charge is 0.407 e. The molecule has 1 aliphatic heterocycles. The molecule has 126 valence electrons. The maximum atomic E-state index is 13.9. The van der Waals surface area contributed by atoms with Crippen molar-refractivity contribution < 1.29 is 19.1 Å². The number of carbonyl (C=O) groups is 2. The van der Waals surface area contributed by atoms with Crippen LogP contribution in [0.25, 0.3) is 0 Å². The van der Waals surface area contributed by atoms with Gasteiger partial charge in [-0.1, -0.05) is 20.8 Å². The van der Waals surface area contributed by atoms with Gasteiger partial charge < -0.3 is 15.3 Å². The molecule has 1 aliphatic rings. The van der Waals surface area contributed by atoms with E-state index in [0.29, 0.717) is 24.2 Å². The summed E-state index contributed by atoms with van der Waals surface area (Å²) >= 11 is 0. The molecule has 0 saturated carbocycles. The molecular formula is C17H23FN2O3. The predicted octanol–water partition coefficient (Wildman–Crippen LogP) is 3.37. The molecule has 23 heavy (non-hydrogen) atoms. The van der Waals surface area contributed by atoms with Crippen molar-refractivity contribution in [1.29, 1.82) is 0 Å². The first-order valence-corrected chi connectivity index (χ1v) is 7.69. The Labute approximate surface area is 135 Å². The van der Waals surface area contributed by atoms with E-state index in [9.17, 15) is 14.0 Å². The first kappa shape index (κ1) is 17.2. The summed E-state index contributed by atoms with van der Waals surface area (Å²) in [5.74, 6) is -0.889. The fourth-order valence-corrected chi connectivity index (χ4v) is 2.79. The fraction of sp³-hybridized carbons (Fsp3) is 0.529. The molecule has 2 amide bonds. The molecule has 1 fully saturated rings. The van der Waals surface area contributed by atoms with E-state index < -0.39 is 6.09 Å². The SMILES string of the molecule is Cc1cc(NC(=O)C2CCN(C(=O)O)C2)c(C(C)(C)C)cc1F. The Morgan fingerprint density at radius 1 is 1.35 bits per heavy atom. The lowest BCUT2D eigenvalue weighted by Gasteiger charge is -2.24. The van der Waals surface area contributed by atoms with Crippen LogP contribution in [0.15, 0.2) is 12.1 Å². The zero-order chi connectivity index (χ0) is 17.4. The summed E-state index contributed by atoms with van der Waals surface area (Å²) in [6.45, 7) is 8.07. The summed E-state index contributed by atoms with van der Waals surface area (Å²) in [6.07, 6.45) is -0.503. The van der Waals surface area contributed by atoms with Crippen LogP contribution in [0.1, 0.15) is 38.3 Å². The van der Waals surface area contributed by atoms with Gasteiger partial charge in [-0.05, 0) is 42.0 Å². The summed E-state index contributed by atoms with van der Waals surface area (Å²) in [5.41, 5.74) is 1.46. The molecule has 2 N–H and O–H groups in total. The topological polar surface area (TPSA) is 69.6 Å². The quantitative estimate of drug-likeness (QED) is 0.877. The number of likely N-dealkylation sites (tertiary alicyclic amines) is 1. The van der Waals surface area contributed by atoms with E-state index in [-0.39, 0.29) is 29.6 Å². The Morgan fingerprint density at radius 2 is 2.00 bits per heavy atom. The highest BCUT2D eigenvalue weighted by Gasteiger charge is 2.31. The van der Waals surface area contributed by atoms with Gasteiger partial charge in [-0.2, -0.15) is 0 Å². The zero-order valence-electron chi connectivity index (χ0n) is 13.9.